The number of benzene rings is 1. The van der Waals surface area contributed by atoms with Crippen molar-refractivity contribution in [3.63, 3.8) is 0 Å². The Morgan fingerprint density at radius 2 is 2.00 bits per heavy atom. The van der Waals surface area contributed by atoms with Crippen molar-refractivity contribution in [1.29, 1.82) is 0 Å². The molecule has 1 aliphatic heterocycles. The molecule has 0 aliphatic carbocycles. The van der Waals surface area contributed by atoms with Crippen LogP contribution in [-0.2, 0) is 15.6 Å². The molecule has 0 bridgehead atoms. The molecule has 1 aromatic carbocycles. The number of hydrogen-bond donors (Lipinski definition) is 1. The van der Waals surface area contributed by atoms with E-state index in [1.165, 1.54) is 0 Å². The molecule has 1 amide bonds. The van der Waals surface area contributed by atoms with Crippen LogP contribution in [0.25, 0.3) is 0 Å². The Balaban J connectivity index is 2.29. The number of rotatable bonds is 5. The van der Waals surface area contributed by atoms with Crippen LogP contribution in [0.15, 0.2) is 24.3 Å². The van der Waals surface area contributed by atoms with E-state index in [-0.39, 0.29) is 24.2 Å². The van der Waals surface area contributed by atoms with Crippen molar-refractivity contribution in [2.24, 2.45) is 0 Å². The molecule has 1 N–H and O–H groups in total. The Morgan fingerprint density at radius 3 is 2.52 bits per heavy atom. The fraction of sp³-hybridized carbons (Fsp3) is 0.533. The summed E-state index contributed by atoms with van der Waals surface area (Å²) < 4.78 is 11.5. The summed E-state index contributed by atoms with van der Waals surface area (Å²) in [5.41, 5.74) is 0.998. The van der Waals surface area contributed by atoms with E-state index >= 15 is 0 Å². The van der Waals surface area contributed by atoms with Crippen LogP contribution in [0.3, 0.4) is 0 Å². The van der Waals surface area contributed by atoms with Gasteiger partial charge in [-0.15, -0.1) is 0 Å². The molecule has 1 aromatic rings. The van der Waals surface area contributed by atoms with E-state index in [1.807, 2.05) is 43.0 Å². The molecule has 1 saturated heterocycles. The van der Waals surface area contributed by atoms with Gasteiger partial charge in [-0.3, -0.25) is 14.3 Å². The fourth-order valence-corrected chi connectivity index (χ4v) is 3.70. The summed E-state index contributed by atoms with van der Waals surface area (Å²) in [4.78, 5) is 14.4. The Bertz CT molecular complexity index is 535. The molecule has 21 heavy (non-hydrogen) atoms. The van der Waals surface area contributed by atoms with E-state index in [2.05, 4.69) is 5.32 Å². The van der Waals surface area contributed by atoms with E-state index < -0.39 is 10.8 Å². The zero-order valence-corrected chi connectivity index (χ0v) is 14.1. The van der Waals surface area contributed by atoms with Gasteiger partial charge >= 0.3 is 0 Å². The van der Waals surface area contributed by atoms with E-state index in [1.54, 1.807) is 6.26 Å². The smallest absolute Gasteiger partial charge is 0.241 e. The summed E-state index contributed by atoms with van der Waals surface area (Å²) >= 11 is 5.93. The highest BCUT2D eigenvalue weighted by Gasteiger charge is 2.41. The minimum Gasteiger partial charge on any atom is -0.318 e. The molecule has 4 atom stereocenters. The average molecular weight is 329 g/mol. The van der Waals surface area contributed by atoms with Crippen molar-refractivity contribution in [3.05, 3.63) is 34.9 Å². The Morgan fingerprint density at radius 1 is 1.38 bits per heavy atom. The van der Waals surface area contributed by atoms with Crippen molar-refractivity contribution in [2.45, 2.75) is 38.5 Å². The van der Waals surface area contributed by atoms with E-state index in [0.29, 0.717) is 10.8 Å². The van der Waals surface area contributed by atoms with E-state index in [0.717, 1.165) is 12.0 Å². The average Bonchev–Trinajstić information content (AvgIpc) is 2.75. The van der Waals surface area contributed by atoms with Crippen molar-refractivity contribution in [2.75, 3.05) is 12.0 Å². The van der Waals surface area contributed by atoms with Gasteiger partial charge in [0.2, 0.25) is 5.91 Å². The predicted octanol–water partition coefficient (Wildman–Crippen LogP) is 2.32. The van der Waals surface area contributed by atoms with Crippen LogP contribution >= 0.6 is 11.6 Å². The molecule has 1 aliphatic rings. The molecule has 4 nitrogen and oxygen atoms in total. The normalized spacial score (nSPS) is 25.1. The molecule has 0 spiro atoms. The Hall–Kier alpha value is -0.910. The first-order valence-corrected chi connectivity index (χ1v) is 9.18. The van der Waals surface area contributed by atoms with Gasteiger partial charge in [0, 0.05) is 33.9 Å². The molecule has 116 valence electrons. The number of halogens is 1. The van der Waals surface area contributed by atoms with Crippen molar-refractivity contribution in [3.8, 4) is 0 Å². The summed E-state index contributed by atoms with van der Waals surface area (Å²) in [6, 6.07) is 7.24. The van der Waals surface area contributed by atoms with E-state index in [9.17, 15) is 9.00 Å². The molecule has 4 unspecified atom stereocenters. The number of carbonyl (C=O) groups excluding carboxylic acids is 1. The van der Waals surface area contributed by atoms with Crippen LogP contribution in [0.2, 0.25) is 5.02 Å². The third kappa shape index (κ3) is 3.65. The summed E-state index contributed by atoms with van der Waals surface area (Å²) in [7, 11) is -0.938. The minimum atomic E-state index is -0.938. The van der Waals surface area contributed by atoms with Gasteiger partial charge in [-0.05, 0) is 31.0 Å². The van der Waals surface area contributed by atoms with Gasteiger partial charge < -0.3 is 4.90 Å². The van der Waals surface area contributed by atoms with Crippen LogP contribution in [0.5, 0.6) is 0 Å². The lowest BCUT2D eigenvalue weighted by molar-refractivity contribution is -0.131. The summed E-state index contributed by atoms with van der Waals surface area (Å²) in [6.45, 7) is 3.93. The number of hydrogen-bond acceptors (Lipinski definition) is 3. The number of nitrogens with one attached hydrogen (secondary N) is 1. The quantitative estimate of drug-likeness (QED) is 0.902. The summed E-state index contributed by atoms with van der Waals surface area (Å²) in [6.07, 6.45) is 2.22. The van der Waals surface area contributed by atoms with Crippen LogP contribution in [0.4, 0.5) is 0 Å². The molecule has 1 heterocycles. The second kappa shape index (κ2) is 6.90. The second-order valence-corrected chi connectivity index (χ2v) is 7.33. The first-order valence-electron chi connectivity index (χ1n) is 7.07. The zero-order valence-electron chi connectivity index (χ0n) is 12.5. The van der Waals surface area contributed by atoms with E-state index in [4.69, 9.17) is 11.6 Å². The molecule has 6 heteroatoms. The van der Waals surface area contributed by atoms with Gasteiger partial charge in [0.1, 0.15) is 6.17 Å². The third-order valence-electron chi connectivity index (χ3n) is 3.73. The van der Waals surface area contributed by atoms with Gasteiger partial charge in [-0.1, -0.05) is 30.7 Å². The lowest BCUT2D eigenvalue weighted by Gasteiger charge is -2.30. The van der Waals surface area contributed by atoms with Crippen LogP contribution in [0, 0.1) is 0 Å². The zero-order chi connectivity index (χ0) is 15.6. The van der Waals surface area contributed by atoms with Gasteiger partial charge in [-0.25, -0.2) is 0 Å². The summed E-state index contributed by atoms with van der Waals surface area (Å²) in [5, 5.41) is 4.04. The predicted molar refractivity (Wildman–Crippen MR) is 86.6 cm³/mol. The molecule has 0 aromatic heterocycles. The number of carbonyl (C=O) groups is 1. The maximum absolute atomic E-state index is 12.5. The highest BCUT2D eigenvalue weighted by atomic mass is 35.5. The highest BCUT2D eigenvalue weighted by molar-refractivity contribution is 7.84. The maximum atomic E-state index is 12.5. The molecule has 1 fully saturated rings. The third-order valence-corrected chi connectivity index (χ3v) is 4.94. The first kappa shape index (κ1) is 16.5. The second-order valence-electron chi connectivity index (χ2n) is 5.42. The molecule has 0 radical (unpaired) electrons. The lowest BCUT2D eigenvalue weighted by atomic mass is 10.1. The van der Waals surface area contributed by atoms with Crippen molar-refractivity contribution >= 4 is 28.3 Å². The number of amides is 1. The fourth-order valence-electron chi connectivity index (χ4n) is 2.74. The largest absolute Gasteiger partial charge is 0.318 e. The van der Waals surface area contributed by atoms with Crippen LogP contribution in [-0.4, -0.2) is 39.1 Å². The molecular formula is C15H21ClN2O2S. The monoisotopic (exact) mass is 328 g/mol. The maximum Gasteiger partial charge on any atom is 0.241 e. The van der Waals surface area contributed by atoms with Gasteiger partial charge in [0.05, 0.1) is 6.04 Å². The lowest BCUT2D eigenvalue weighted by Crippen LogP contribution is -2.41. The molecule has 0 saturated carbocycles. The van der Waals surface area contributed by atoms with Crippen molar-refractivity contribution in [1.82, 2.24) is 10.2 Å². The van der Waals surface area contributed by atoms with Gasteiger partial charge in [0.15, 0.2) is 0 Å². The molecule has 2 rings (SSSR count). The summed E-state index contributed by atoms with van der Waals surface area (Å²) in [5.74, 6) is 0.559. The van der Waals surface area contributed by atoms with Crippen LogP contribution < -0.4 is 5.32 Å². The first-order chi connectivity index (χ1) is 9.93. The Kier molecular flexibility index (Phi) is 5.41. The highest BCUT2D eigenvalue weighted by Crippen LogP contribution is 2.29. The van der Waals surface area contributed by atoms with Crippen molar-refractivity contribution < 1.29 is 9.00 Å². The topological polar surface area (TPSA) is 49.4 Å². The van der Waals surface area contributed by atoms with Gasteiger partial charge in [0.25, 0.3) is 0 Å². The Labute approximate surface area is 133 Å². The van der Waals surface area contributed by atoms with Crippen LogP contribution in [0.1, 0.15) is 32.0 Å². The van der Waals surface area contributed by atoms with Gasteiger partial charge in [-0.2, -0.15) is 0 Å². The molecular weight excluding hydrogens is 308 g/mol. The standard InChI is InChI=1S/C15H21ClN2O2S/c1-4-13-15(19)18(10(2)9-21(3)20)14(17-13)11-5-7-12(16)8-6-11/h5-8,10,13-14,17H,4,9H2,1-3H3. The number of nitrogens with zero attached hydrogens (tertiary/aromatic N) is 1. The SMILES string of the molecule is CCC1NC(c2ccc(Cl)cc2)N(C(C)CS(C)=O)C1=O. The minimum absolute atomic E-state index is 0.0759.